The second-order valence-electron chi connectivity index (χ2n) is 6.05. The maximum Gasteiger partial charge on any atom is 0.335 e. The molecule has 3 rings (SSSR count). The Balaban J connectivity index is 1.68. The lowest BCUT2D eigenvalue weighted by atomic mass is 9.98. The van der Waals surface area contributed by atoms with Crippen LogP contribution in [0, 0.1) is 0 Å². The summed E-state index contributed by atoms with van der Waals surface area (Å²) in [5.41, 5.74) is 2.94. The lowest BCUT2D eigenvalue weighted by Gasteiger charge is -2.29. The highest BCUT2D eigenvalue weighted by molar-refractivity contribution is 6.35. The van der Waals surface area contributed by atoms with Gasteiger partial charge in [0.2, 0.25) is 5.91 Å². The van der Waals surface area contributed by atoms with E-state index in [0.29, 0.717) is 41.5 Å². The SMILES string of the molecule is O=C(O)c1ccccc1CCC(=O)N1CCc2c(Cl)cc(Cl)cc2C1. The Labute approximate surface area is 156 Å². The fourth-order valence-corrected chi connectivity index (χ4v) is 3.80. The van der Waals surface area contributed by atoms with E-state index in [2.05, 4.69) is 0 Å². The molecule has 0 bridgehead atoms. The molecule has 0 saturated carbocycles. The number of carbonyl (C=O) groups excluding carboxylic acids is 1. The van der Waals surface area contributed by atoms with Crippen molar-refractivity contribution in [3.8, 4) is 0 Å². The third kappa shape index (κ3) is 3.97. The van der Waals surface area contributed by atoms with Crippen LogP contribution < -0.4 is 0 Å². The first-order valence-electron chi connectivity index (χ1n) is 8.01. The van der Waals surface area contributed by atoms with Crippen LogP contribution in [0.2, 0.25) is 10.0 Å². The minimum absolute atomic E-state index is 0.00180. The van der Waals surface area contributed by atoms with Gasteiger partial charge in [-0.1, -0.05) is 41.4 Å². The van der Waals surface area contributed by atoms with Gasteiger partial charge in [0.1, 0.15) is 0 Å². The van der Waals surface area contributed by atoms with E-state index in [0.717, 1.165) is 11.1 Å². The van der Waals surface area contributed by atoms with E-state index in [-0.39, 0.29) is 17.9 Å². The van der Waals surface area contributed by atoms with Crippen molar-refractivity contribution in [1.82, 2.24) is 4.90 Å². The normalized spacial score (nSPS) is 13.4. The fourth-order valence-electron chi connectivity index (χ4n) is 3.17. The summed E-state index contributed by atoms with van der Waals surface area (Å²) in [6.07, 6.45) is 1.37. The third-order valence-electron chi connectivity index (χ3n) is 4.45. The number of nitrogens with zero attached hydrogens (tertiary/aromatic N) is 1. The molecule has 6 heteroatoms. The summed E-state index contributed by atoms with van der Waals surface area (Å²) in [5.74, 6) is -0.971. The van der Waals surface area contributed by atoms with Crippen molar-refractivity contribution in [2.45, 2.75) is 25.8 Å². The topological polar surface area (TPSA) is 57.6 Å². The van der Waals surface area contributed by atoms with Crippen molar-refractivity contribution < 1.29 is 14.7 Å². The second-order valence-corrected chi connectivity index (χ2v) is 6.90. The Kier molecular flexibility index (Phi) is 5.30. The van der Waals surface area contributed by atoms with E-state index in [4.69, 9.17) is 23.2 Å². The highest BCUT2D eigenvalue weighted by atomic mass is 35.5. The number of fused-ring (bicyclic) bond motifs is 1. The summed E-state index contributed by atoms with van der Waals surface area (Å²) in [6, 6.07) is 10.4. The average molecular weight is 378 g/mol. The molecule has 0 saturated heterocycles. The number of aryl methyl sites for hydroxylation is 1. The molecule has 2 aromatic rings. The highest BCUT2D eigenvalue weighted by Crippen LogP contribution is 2.30. The first-order valence-corrected chi connectivity index (χ1v) is 8.77. The van der Waals surface area contributed by atoms with E-state index in [9.17, 15) is 14.7 Å². The summed E-state index contributed by atoms with van der Waals surface area (Å²) >= 11 is 12.3. The van der Waals surface area contributed by atoms with Crippen LogP contribution in [0.25, 0.3) is 0 Å². The molecule has 1 aliphatic heterocycles. The van der Waals surface area contributed by atoms with Gasteiger partial charge in [-0.2, -0.15) is 0 Å². The van der Waals surface area contributed by atoms with Crippen LogP contribution in [0.15, 0.2) is 36.4 Å². The standard InChI is InChI=1S/C19H17Cl2NO3/c20-14-9-13-11-22(8-7-15(13)17(21)10-14)18(23)6-5-12-3-1-2-4-16(12)19(24)25/h1-4,9-10H,5-8,11H2,(H,24,25). The highest BCUT2D eigenvalue weighted by Gasteiger charge is 2.23. The number of aromatic carboxylic acids is 1. The lowest BCUT2D eigenvalue weighted by Crippen LogP contribution is -2.36. The van der Waals surface area contributed by atoms with Crippen LogP contribution in [0.1, 0.15) is 33.5 Å². The Hall–Kier alpha value is -2.04. The molecule has 4 nitrogen and oxygen atoms in total. The number of carbonyl (C=O) groups is 2. The van der Waals surface area contributed by atoms with Crippen LogP contribution in [-0.2, 0) is 24.2 Å². The minimum atomic E-state index is -0.973. The number of carboxylic acid groups (broad SMARTS) is 1. The summed E-state index contributed by atoms with van der Waals surface area (Å²) in [5, 5.41) is 10.4. The molecule has 1 heterocycles. The van der Waals surface area contributed by atoms with Crippen LogP contribution in [0.4, 0.5) is 0 Å². The van der Waals surface area contributed by atoms with E-state index in [1.807, 2.05) is 6.07 Å². The zero-order valence-corrected chi connectivity index (χ0v) is 15.0. The molecule has 0 radical (unpaired) electrons. The zero-order chi connectivity index (χ0) is 18.0. The van der Waals surface area contributed by atoms with Gasteiger partial charge in [0.05, 0.1) is 5.56 Å². The van der Waals surface area contributed by atoms with Gasteiger partial charge >= 0.3 is 5.97 Å². The summed E-state index contributed by atoms with van der Waals surface area (Å²) < 4.78 is 0. The predicted molar refractivity (Wildman–Crippen MR) is 97.3 cm³/mol. The minimum Gasteiger partial charge on any atom is -0.478 e. The van der Waals surface area contributed by atoms with Crippen LogP contribution in [0.5, 0.6) is 0 Å². The number of carboxylic acids is 1. The fraction of sp³-hybridized carbons (Fsp3) is 0.263. The molecule has 1 aliphatic rings. The van der Waals surface area contributed by atoms with Gasteiger partial charge in [-0.05, 0) is 47.7 Å². The molecule has 0 aromatic heterocycles. The largest absolute Gasteiger partial charge is 0.478 e. The zero-order valence-electron chi connectivity index (χ0n) is 13.5. The van der Waals surface area contributed by atoms with Crippen molar-refractivity contribution in [1.29, 1.82) is 0 Å². The monoisotopic (exact) mass is 377 g/mol. The van der Waals surface area contributed by atoms with Crippen LogP contribution >= 0.6 is 23.2 Å². The Morgan fingerprint density at radius 1 is 1.16 bits per heavy atom. The molecule has 1 N–H and O–H groups in total. The van der Waals surface area contributed by atoms with E-state index < -0.39 is 5.97 Å². The molecule has 0 aliphatic carbocycles. The molecule has 0 spiro atoms. The van der Waals surface area contributed by atoms with Crippen LogP contribution in [0.3, 0.4) is 0 Å². The lowest BCUT2D eigenvalue weighted by molar-refractivity contribution is -0.132. The first-order chi connectivity index (χ1) is 12.0. The molecular formula is C19H17Cl2NO3. The molecule has 0 unspecified atom stereocenters. The number of hydrogen-bond donors (Lipinski definition) is 1. The van der Waals surface area contributed by atoms with Gasteiger partial charge < -0.3 is 10.0 Å². The molecular weight excluding hydrogens is 361 g/mol. The van der Waals surface area contributed by atoms with Crippen molar-refractivity contribution >= 4 is 35.1 Å². The summed E-state index contributed by atoms with van der Waals surface area (Å²) in [6.45, 7) is 1.09. The molecule has 130 valence electrons. The van der Waals surface area contributed by atoms with Gasteiger partial charge in [0, 0.05) is 29.6 Å². The predicted octanol–water partition coefficient (Wildman–Crippen LogP) is 4.21. The third-order valence-corrected chi connectivity index (χ3v) is 5.01. The van der Waals surface area contributed by atoms with Gasteiger partial charge in [0.25, 0.3) is 0 Å². The quantitative estimate of drug-likeness (QED) is 0.867. The molecule has 0 fully saturated rings. The number of rotatable bonds is 4. The smallest absolute Gasteiger partial charge is 0.335 e. The van der Waals surface area contributed by atoms with Crippen molar-refractivity contribution in [2.24, 2.45) is 0 Å². The summed E-state index contributed by atoms with van der Waals surface area (Å²) in [7, 11) is 0. The van der Waals surface area contributed by atoms with Gasteiger partial charge in [-0.25, -0.2) is 4.79 Å². The average Bonchev–Trinajstić information content (AvgIpc) is 2.59. The van der Waals surface area contributed by atoms with E-state index in [1.54, 1.807) is 35.2 Å². The Morgan fingerprint density at radius 3 is 2.68 bits per heavy atom. The molecule has 2 aromatic carbocycles. The van der Waals surface area contributed by atoms with Gasteiger partial charge in [-0.3, -0.25) is 4.79 Å². The number of benzene rings is 2. The number of amides is 1. The molecule has 25 heavy (non-hydrogen) atoms. The first kappa shape index (κ1) is 17.8. The molecule has 1 amide bonds. The van der Waals surface area contributed by atoms with Crippen molar-refractivity contribution in [2.75, 3.05) is 6.54 Å². The van der Waals surface area contributed by atoms with Gasteiger partial charge in [0.15, 0.2) is 0 Å². The van der Waals surface area contributed by atoms with Crippen LogP contribution in [-0.4, -0.2) is 28.4 Å². The number of halogens is 2. The maximum absolute atomic E-state index is 12.5. The summed E-state index contributed by atoms with van der Waals surface area (Å²) in [4.78, 5) is 25.6. The van der Waals surface area contributed by atoms with Crippen molar-refractivity contribution in [3.05, 3.63) is 68.7 Å². The van der Waals surface area contributed by atoms with Gasteiger partial charge in [-0.15, -0.1) is 0 Å². The van der Waals surface area contributed by atoms with E-state index >= 15 is 0 Å². The van der Waals surface area contributed by atoms with E-state index in [1.165, 1.54) is 0 Å². The second kappa shape index (κ2) is 7.46. The molecule has 0 atom stereocenters. The Morgan fingerprint density at radius 2 is 1.92 bits per heavy atom. The Bertz CT molecular complexity index is 835. The number of hydrogen-bond acceptors (Lipinski definition) is 2. The van der Waals surface area contributed by atoms with Crippen molar-refractivity contribution in [3.63, 3.8) is 0 Å². The maximum atomic E-state index is 12.5.